The number of nitrogens with one attached hydrogen (secondary N) is 1. The van der Waals surface area contributed by atoms with E-state index < -0.39 is 0 Å². The quantitative estimate of drug-likeness (QED) is 0.808. The lowest BCUT2D eigenvalue weighted by Crippen LogP contribution is -2.02. The van der Waals surface area contributed by atoms with E-state index in [1.54, 1.807) is 19.1 Å². The average molecular weight is 273 g/mol. The SMILES string of the molecule is CC(=CCc1cccc(Oc2ccc(F)cc2)c1)NO. The zero-order valence-corrected chi connectivity index (χ0v) is 11.1. The fourth-order valence-corrected chi connectivity index (χ4v) is 1.69. The van der Waals surface area contributed by atoms with Crippen molar-refractivity contribution in [3.05, 3.63) is 71.7 Å². The van der Waals surface area contributed by atoms with Crippen molar-refractivity contribution < 1.29 is 14.3 Å². The summed E-state index contributed by atoms with van der Waals surface area (Å²) in [6.07, 6.45) is 2.55. The van der Waals surface area contributed by atoms with Crippen LogP contribution in [0.1, 0.15) is 12.5 Å². The molecule has 2 N–H and O–H groups in total. The molecule has 2 rings (SSSR count). The van der Waals surface area contributed by atoms with Gasteiger partial charge in [-0.3, -0.25) is 10.7 Å². The smallest absolute Gasteiger partial charge is 0.127 e. The van der Waals surface area contributed by atoms with Crippen LogP contribution in [0.3, 0.4) is 0 Å². The zero-order chi connectivity index (χ0) is 14.4. The van der Waals surface area contributed by atoms with Crippen molar-refractivity contribution >= 4 is 0 Å². The molecule has 0 atom stereocenters. The molecule has 20 heavy (non-hydrogen) atoms. The highest BCUT2D eigenvalue weighted by Gasteiger charge is 1.99. The third-order valence-corrected chi connectivity index (χ3v) is 2.77. The lowest BCUT2D eigenvalue weighted by molar-refractivity contribution is 0.200. The summed E-state index contributed by atoms with van der Waals surface area (Å²) in [5.41, 5.74) is 3.83. The normalized spacial score (nSPS) is 11.2. The summed E-state index contributed by atoms with van der Waals surface area (Å²) in [4.78, 5) is 0. The van der Waals surface area contributed by atoms with Crippen molar-refractivity contribution in [3.8, 4) is 11.5 Å². The van der Waals surface area contributed by atoms with Crippen LogP contribution in [0.5, 0.6) is 11.5 Å². The molecule has 0 aliphatic carbocycles. The molecule has 2 aromatic carbocycles. The van der Waals surface area contributed by atoms with Gasteiger partial charge >= 0.3 is 0 Å². The predicted molar refractivity (Wildman–Crippen MR) is 75.3 cm³/mol. The number of rotatable bonds is 5. The molecule has 0 aliphatic rings. The number of allylic oxidation sites excluding steroid dienone is 2. The van der Waals surface area contributed by atoms with Crippen molar-refractivity contribution in [3.63, 3.8) is 0 Å². The van der Waals surface area contributed by atoms with Crippen molar-refractivity contribution in [2.24, 2.45) is 0 Å². The van der Waals surface area contributed by atoms with Crippen molar-refractivity contribution in [1.82, 2.24) is 5.48 Å². The summed E-state index contributed by atoms with van der Waals surface area (Å²) in [6, 6.07) is 13.5. The van der Waals surface area contributed by atoms with Gasteiger partial charge in [0, 0.05) is 5.70 Å². The van der Waals surface area contributed by atoms with Crippen LogP contribution in [-0.4, -0.2) is 5.21 Å². The summed E-state index contributed by atoms with van der Waals surface area (Å²) in [6.45, 7) is 1.78. The number of hydrogen-bond donors (Lipinski definition) is 2. The Balaban J connectivity index is 2.07. The van der Waals surface area contributed by atoms with Gasteiger partial charge in [0.2, 0.25) is 0 Å². The van der Waals surface area contributed by atoms with Crippen molar-refractivity contribution in [2.75, 3.05) is 0 Å². The molecule has 0 heterocycles. The minimum atomic E-state index is -0.289. The van der Waals surface area contributed by atoms with E-state index in [4.69, 9.17) is 9.94 Å². The van der Waals surface area contributed by atoms with Gasteiger partial charge in [-0.2, -0.15) is 0 Å². The zero-order valence-electron chi connectivity index (χ0n) is 11.1. The van der Waals surface area contributed by atoms with E-state index in [0.29, 0.717) is 23.6 Å². The van der Waals surface area contributed by atoms with Crippen molar-refractivity contribution in [1.29, 1.82) is 0 Å². The molecule has 2 aromatic rings. The van der Waals surface area contributed by atoms with E-state index in [2.05, 4.69) is 5.48 Å². The monoisotopic (exact) mass is 273 g/mol. The van der Waals surface area contributed by atoms with Gasteiger partial charge in [0.05, 0.1) is 0 Å². The number of hydrogen-bond acceptors (Lipinski definition) is 3. The van der Waals surface area contributed by atoms with Crippen LogP contribution in [0.2, 0.25) is 0 Å². The van der Waals surface area contributed by atoms with E-state index in [-0.39, 0.29) is 5.82 Å². The summed E-state index contributed by atoms with van der Waals surface area (Å²) < 4.78 is 18.5. The first-order valence-electron chi connectivity index (χ1n) is 6.26. The molecule has 0 amide bonds. The molecule has 0 radical (unpaired) electrons. The molecule has 0 aliphatic heterocycles. The minimum absolute atomic E-state index is 0.289. The maximum absolute atomic E-state index is 12.8. The van der Waals surface area contributed by atoms with Crippen LogP contribution >= 0.6 is 0 Å². The van der Waals surface area contributed by atoms with Gasteiger partial charge in [-0.1, -0.05) is 18.2 Å². The second-order valence-corrected chi connectivity index (χ2v) is 4.41. The Morgan fingerprint density at radius 2 is 1.95 bits per heavy atom. The topological polar surface area (TPSA) is 41.5 Å². The molecule has 0 saturated heterocycles. The molecule has 0 spiro atoms. The van der Waals surface area contributed by atoms with Gasteiger partial charge in [0.15, 0.2) is 0 Å². The standard InChI is InChI=1S/C16H16FNO2/c1-12(18-19)5-6-13-3-2-4-16(11-13)20-15-9-7-14(17)8-10-15/h2-5,7-11,18-19H,6H2,1H3. The minimum Gasteiger partial charge on any atom is -0.457 e. The van der Waals surface area contributed by atoms with Crippen LogP contribution in [0.4, 0.5) is 4.39 Å². The fourth-order valence-electron chi connectivity index (χ4n) is 1.69. The molecule has 4 heteroatoms. The summed E-state index contributed by atoms with van der Waals surface area (Å²) in [5, 5.41) is 8.71. The first-order valence-corrected chi connectivity index (χ1v) is 6.26. The third-order valence-electron chi connectivity index (χ3n) is 2.77. The number of ether oxygens (including phenoxy) is 1. The van der Waals surface area contributed by atoms with Gasteiger partial charge in [-0.25, -0.2) is 4.39 Å². The van der Waals surface area contributed by atoms with Crippen molar-refractivity contribution in [2.45, 2.75) is 13.3 Å². The van der Waals surface area contributed by atoms with E-state index in [0.717, 1.165) is 5.56 Å². The number of halogens is 1. The van der Waals surface area contributed by atoms with Crippen LogP contribution in [0.25, 0.3) is 0 Å². The maximum atomic E-state index is 12.8. The lowest BCUT2D eigenvalue weighted by atomic mass is 10.1. The second-order valence-electron chi connectivity index (χ2n) is 4.41. The highest BCUT2D eigenvalue weighted by molar-refractivity contribution is 5.34. The highest BCUT2D eigenvalue weighted by Crippen LogP contribution is 2.22. The molecule has 0 bridgehead atoms. The van der Waals surface area contributed by atoms with Gasteiger partial charge in [0.1, 0.15) is 17.3 Å². The molecular weight excluding hydrogens is 257 g/mol. The van der Waals surface area contributed by atoms with E-state index in [1.165, 1.54) is 12.1 Å². The second kappa shape index (κ2) is 6.73. The predicted octanol–water partition coefficient (Wildman–Crippen LogP) is 4.04. The average Bonchev–Trinajstić information content (AvgIpc) is 2.47. The van der Waals surface area contributed by atoms with Crippen LogP contribution < -0.4 is 10.2 Å². The molecule has 104 valence electrons. The largest absolute Gasteiger partial charge is 0.457 e. The van der Waals surface area contributed by atoms with E-state index in [9.17, 15) is 4.39 Å². The number of hydroxylamine groups is 1. The fraction of sp³-hybridized carbons (Fsp3) is 0.125. The van der Waals surface area contributed by atoms with Gasteiger partial charge in [0.25, 0.3) is 0 Å². The van der Waals surface area contributed by atoms with E-state index in [1.807, 2.05) is 30.3 Å². The Kier molecular flexibility index (Phi) is 4.74. The van der Waals surface area contributed by atoms with Crippen LogP contribution in [0, 0.1) is 5.82 Å². The summed E-state index contributed by atoms with van der Waals surface area (Å²) in [7, 11) is 0. The summed E-state index contributed by atoms with van der Waals surface area (Å²) in [5.74, 6) is 0.993. The Labute approximate surface area is 117 Å². The molecule has 0 saturated carbocycles. The maximum Gasteiger partial charge on any atom is 0.127 e. The van der Waals surface area contributed by atoms with Crippen LogP contribution in [-0.2, 0) is 6.42 Å². The molecule has 0 unspecified atom stereocenters. The first-order chi connectivity index (χ1) is 9.67. The van der Waals surface area contributed by atoms with Gasteiger partial charge < -0.3 is 4.74 Å². The van der Waals surface area contributed by atoms with E-state index >= 15 is 0 Å². The molecule has 3 nitrogen and oxygen atoms in total. The highest BCUT2D eigenvalue weighted by atomic mass is 19.1. The van der Waals surface area contributed by atoms with Gasteiger partial charge in [-0.05, 0) is 55.3 Å². The molecule has 0 fully saturated rings. The lowest BCUT2D eigenvalue weighted by Gasteiger charge is -2.07. The summed E-state index contributed by atoms with van der Waals surface area (Å²) >= 11 is 0. The molecular formula is C16H16FNO2. The Morgan fingerprint density at radius 1 is 1.20 bits per heavy atom. The first kappa shape index (κ1) is 14.1. The van der Waals surface area contributed by atoms with Crippen LogP contribution in [0.15, 0.2) is 60.3 Å². The number of benzene rings is 2. The Morgan fingerprint density at radius 3 is 2.65 bits per heavy atom. The molecule has 0 aromatic heterocycles. The Hall–Kier alpha value is -2.33. The van der Waals surface area contributed by atoms with Gasteiger partial charge in [-0.15, -0.1) is 0 Å². The third kappa shape index (κ3) is 4.10. The Bertz CT molecular complexity index is 594.